The second-order valence-electron chi connectivity index (χ2n) is 8.91. The zero-order valence-corrected chi connectivity index (χ0v) is 21.7. The molecule has 0 saturated heterocycles. The van der Waals surface area contributed by atoms with Crippen LogP contribution in [-0.4, -0.2) is 55.0 Å². The number of nitrogens with one attached hydrogen (secondary N) is 1. The summed E-state index contributed by atoms with van der Waals surface area (Å²) < 4.78 is 41.0. The molecule has 1 atom stereocenters. The van der Waals surface area contributed by atoms with Gasteiger partial charge in [-0.1, -0.05) is 60.7 Å². The van der Waals surface area contributed by atoms with Gasteiger partial charge in [0.1, 0.15) is 16.8 Å². The summed E-state index contributed by atoms with van der Waals surface area (Å²) >= 11 is 0. The zero-order chi connectivity index (χ0) is 27.3. The van der Waals surface area contributed by atoms with Gasteiger partial charge in [0.05, 0.1) is 5.56 Å². The number of benzene rings is 3. The SMILES string of the molecule is CNC(=O)[C@@H](Cc1ccccc1)N(Cc1ccccc1F)C(=O)CCCN1C(=O)c2ccccc2S1(=O)=O. The van der Waals surface area contributed by atoms with Gasteiger partial charge in [-0.15, -0.1) is 0 Å². The number of carbonyl (C=O) groups excluding carboxylic acids is 3. The van der Waals surface area contributed by atoms with Gasteiger partial charge in [-0.25, -0.2) is 17.1 Å². The lowest BCUT2D eigenvalue weighted by Crippen LogP contribution is -2.50. The molecule has 1 aliphatic heterocycles. The highest BCUT2D eigenvalue weighted by molar-refractivity contribution is 7.90. The highest BCUT2D eigenvalue weighted by Crippen LogP contribution is 2.30. The normalized spacial score (nSPS) is 14.6. The Kier molecular flexibility index (Phi) is 8.21. The van der Waals surface area contributed by atoms with E-state index in [9.17, 15) is 27.2 Å². The minimum Gasteiger partial charge on any atom is -0.357 e. The summed E-state index contributed by atoms with van der Waals surface area (Å²) in [6, 6.07) is 20.2. The molecule has 1 aliphatic rings. The van der Waals surface area contributed by atoms with Crippen LogP contribution in [0.5, 0.6) is 0 Å². The molecule has 1 N–H and O–H groups in total. The summed E-state index contributed by atoms with van der Waals surface area (Å²) in [6.07, 6.45) is 0.0960. The standard InChI is InChI=1S/C28H28FN3O5S/c1-30-27(34)24(18-20-10-3-2-4-11-20)31(19-21-12-5-7-14-23(21)29)26(33)16-9-17-32-28(35)22-13-6-8-15-25(22)38(32,36)37/h2-8,10-15,24H,9,16-19H2,1H3,(H,30,34)/t24-/m1/s1. The molecule has 0 bridgehead atoms. The number of nitrogens with zero attached hydrogens (tertiary/aromatic N) is 2. The van der Waals surface area contributed by atoms with E-state index < -0.39 is 39.6 Å². The van der Waals surface area contributed by atoms with Crippen molar-refractivity contribution in [3.8, 4) is 0 Å². The first-order valence-electron chi connectivity index (χ1n) is 12.2. The Morgan fingerprint density at radius 3 is 2.32 bits per heavy atom. The van der Waals surface area contributed by atoms with E-state index in [1.807, 2.05) is 30.3 Å². The van der Waals surface area contributed by atoms with E-state index in [4.69, 9.17) is 0 Å². The zero-order valence-electron chi connectivity index (χ0n) is 20.8. The average Bonchev–Trinajstić information content (AvgIpc) is 3.12. The number of hydrogen-bond acceptors (Lipinski definition) is 5. The molecule has 0 spiro atoms. The number of likely N-dealkylation sites (N-methyl/N-ethyl adjacent to an activating group) is 1. The van der Waals surface area contributed by atoms with Crippen LogP contribution in [0.3, 0.4) is 0 Å². The maximum atomic E-state index is 14.6. The van der Waals surface area contributed by atoms with Crippen molar-refractivity contribution >= 4 is 27.7 Å². The van der Waals surface area contributed by atoms with Crippen LogP contribution in [0.15, 0.2) is 83.8 Å². The van der Waals surface area contributed by atoms with Crippen LogP contribution >= 0.6 is 0 Å². The molecule has 1 heterocycles. The van der Waals surface area contributed by atoms with Gasteiger partial charge in [0.15, 0.2) is 0 Å². The first-order valence-corrected chi connectivity index (χ1v) is 13.6. The molecule has 3 amide bonds. The third kappa shape index (κ3) is 5.60. The Morgan fingerprint density at radius 1 is 0.974 bits per heavy atom. The van der Waals surface area contributed by atoms with Crippen molar-refractivity contribution < 1.29 is 27.2 Å². The molecule has 0 radical (unpaired) electrons. The molecule has 8 nitrogen and oxygen atoms in total. The molecule has 0 aromatic heterocycles. The Bertz CT molecular complexity index is 1450. The number of carbonyl (C=O) groups is 3. The first-order chi connectivity index (χ1) is 18.2. The Labute approximate surface area is 221 Å². The Morgan fingerprint density at radius 2 is 1.63 bits per heavy atom. The van der Waals surface area contributed by atoms with Crippen molar-refractivity contribution in [2.45, 2.75) is 36.7 Å². The molecule has 4 rings (SSSR count). The smallest absolute Gasteiger partial charge is 0.269 e. The summed E-state index contributed by atoms with van der Waals surface area (Å²) in [7, 11) is -2.53. The lowest BCUT2D eigenvalue weighted by molar-refractivity contribution is -0.141. The summed E-state index contributed by atoms with van der Waals surface area (Å²) in [4.78, 5) is 40.4. The summed E-state index contributed by atoms with van der Waals surface area (Å²) in [5.74, 6) is -2.01. The van der Waals surface area contributed by atoms with Crippen LogP contribution in [-0.2, 0) is 32.6 Å². The fraction of sp³-hybridized carbons (Fsp3) is 0.250. The van der Waals surface area contributed by atoms with E-state index >= 15 is 0 Å². The van der Waals surface area contributed by atoms with Gasteiger partial charge in [0, 0.05) is 38.5 Å². The molecule has 0 aliphatic carbocycles. The predicted octanol–water partition coefficient (Wildman–Crippen LogP) is 3.14. The lowest BCUT2D eigenvalue weighted by atomic mass is 10.0. The Balaban J connectivity index is 1.55. The number of amides is 3. The minimum absolute atomic E-state index is 0.0391. The van der Waals surface area contributed by atoms with E-state index in [2.05, 4.69) is 5.32 Å². The number of hydrogen-bond donors (Lipinski definition) is 1. The lowest BCUT2D eigenvalue weighted by Gasteiger charge is -2.31. The van der Waals surface area contributed by atoms with Gasteiger partial charge >= 0.3 is 0 Å². The average molecular weight is 538 g/mol. The molecular formula is C28H28FN3O5S. The van der Waals surface area contributed by atoms with Gasteiger partial charge in [-0.05, 0) is 30.2 Å². The second-order valence-corrected chi connectivity index (χ2v) is 10.7. The molecule has 38 heavy (non-hydrogen) atoms. The summed E-state index contributed by atoms with van der Waals surface area (Å²) in [5.41, 5.74) is 1.16. The van der Waals surface area contributed by atoms with E-state index in [0.29, 0.717) is 0 Å². The van der Waals surface area contributed by atoms with Crippen molar-refractivity contribution in [3.05, 3.63) is 101 Å². The van der Waals surface area contributed by atoms with Crippen LogP contribution in [0.2, 0.25) is 0 Å². The van der Waals surface area contributed by atoms with Crippen LogP contribution in [0.4, 0.5) is 4.39 Å². The van der Waals surface area contributed by atoms with Gasteiger partial charge in [0.25, 0.3) is 15.9 Å². The number of sulfonamides is 1. The highest BCUT2D eigenvalue weighted by Gasteiger charge is 2.40. The molecule has 0 saturated carbocycles. The molecular weight excluding hydrogens is 509 g/mol. The molecule has 10 heteroatoms. The fourth-order valence-corrected chi connectivity index (χ4v) is 6.11. The summed E-state index contributed by atoms with van der Waals surface area (Å²) in [5, 5.41) is 2.59. The van der Waals surface area contributed by atoms with Gasteiger partial charge in [0.2, 0.25) is 11.8 Å². The van der Waals surface area contributed by atoms with Crippen molar-refractivity contribution in [2.75, 3.05) is 13.6 Å². The summed E-state index contributed by atoms with van der Waals surface area (Å²) in [6.45, 7) is -0.346. The van der Waals surface area contributed by atoms with E-state index in [1.165, 1.54) is 36.2 Å². The Hall–Kier alpha value is -4.05. The van der Waals surface area contributed by atoms with Crippen molar-refractivity contribution in [1.29, 1.82) is 0 Å². The van der Waals surface area contributed by atoms with E-state index in [-0.39, 0.29) is 48.4 Å². The van der Waals surface area contributed by atoms with E-state index in [1.54, 1.807) is 24.3 Å². The van der Waals surface area contributed by atoms with Gasteiger partial charge < -0.3 is 10.2 Å². The molecule has 198 valence electrons. The van der Waals surface area contributed by atoms with Gasteiger partial charge in [-0.2, -0.15) is 0 Å². The van der Waals surface area contributed by atoms with Crippen LogP contribution in [0.25, 0.3) is 0 Å². The fourth-order valence-electron chi connectivity index (χ4n) is 4.50. The van der Waals surface area contributed by atoms with Crippen molar-refractivity contribution in [1.82, 2.24) is 14.5 Å². The largest absolute Gasteiger partial charge is 0.357 e. The molecule has 3 aromatic rings. The second kappa shape index (κ2) is 11.6. The maximum absolute atomic E-state index is 14.6. The predicted molar refractivity (Wildman–Crippen MR) is 139 cm³/mol. The van der Waals surface area contributed by atoms with E-state index in [0.717, 1.165) is 9.87 Å². The molecule has 3 aromatic carbocycles. The topological polar surface area (TPSA) is 104 Å². The molecule has 0 unspecified atom stereocenters. The van der Waals surface area contributed by atoms with Gasteiger partial charge in [-0.3, -0.25) is 14.4 Å². The van der Waals surface area contributed by atoms with Crippen molar-refractivity contribution in [3.63, 3.8) is 0 Å². The van der Waals surface area contributed by atoms with Crippen LogP contribution < -0.4 is 5.32 Å². The number of rotatable bonds is 10. The quantitative estimate of drug-likeness (QED) is 0.428. The van der Waals surface area contributed by atoms with Crippen LogP contribution in [0, 0.1) is 5.82 Å². The number of fused-ring (bicyclic) bond motifs is 1. The highest BCUT2D eigenvalue weighted by atomic mass is 32.2. The van der Waals surface area contributed by atoms with Crippen LogP contribution in [0.1, 0.15) is 34.3 Å². The first kappa shape index (κ1) is 27.0. The third-order valence-corrected chi connectivity index (χ3v) is 8.32. The monoisotopic (exact) mass is 537 g/mol. The third-order valence-electron chi connectivity index (χ3n) is 6.48. The minimum atomic E-state index is -4.00. The maximum Gasteiger partial charge on any atom is 0.269 e. The van der Waals surface area contributed by atoms with Crippen molar-refractivity contribution in [2.24, 2.45) is 0 Å². The number of halogens is 1. The molecule has 0 fully saturated rings.